The highest BCUT2D eigenvalue weighted by atomic mass is 16.3. The average Bonchev–Trinajstić information content (AvgIpc) is 2.20. The second kappa shape index (κ2) is 5.09. The second-order valence-corrected chi connectivity index (χ2v) is 3.82. The number of nitrogens with two attached hydrogens (primary N) is 1. The molecular formula is C11H18N2O2. The van der Waals surface area contributed by atoms with Gasteiger partial charge in [0, 0.05) is 24.3 Å². The molecule has 0 spiro atoms. The summed E-state index contributed by atoms with van der Waals surface area (Å²) in [6, 6.07) is 3.68. The molecule has 0 fully saturated rings. The van der Waals surface area contributed by atoms with Crippen molar-refractivity contribution in [2.45, 2.75) is 32.9 Å². The third-order valence-corrected chi connectivity index (χ3v) is 2.42. The zero-order chi connectivity index (χ0) is 11.4. The lowest BCUT2D eigenvalue weighted by Crippen LogP contribution is -2.29. The third-order valence-electron chi connectivity index (χ3n) is 2.42. The van der Waals surface area contributed by atoms with E-state index in [0.29, 0.717) is 12.1 Å². The van der Waals surface area contributed by atoms with Crippen LogP contribution in [0.5, 0.6) is 0 Å². The van der Waals surface area contributed by atoms with Crippen molar-refractivity contribution in [3.05, 3.63) is 33.7 Å². The quantitative estimate of drug-likeness (QED) is 0.757. The van der Waals surface area contributed by atoms with E-state index in [-0.39, 0.29) is 24.6 Å². The van der Waals surface area contributed by atoms with Gasteiger partial charge in [0.2, 0.25) is 0 Å². The van der Waals surface area contributed by atoms with E-state index in [2.05, 4.69) is 0 Å². The first kappa shape index (κ1) is 11.9. The topological polar surface area (TPSA) is 68.2 Å². The van der Waals surface area contributed by atoms with Crippen LogP contribution in [0.2, 0.25) is 0 Å². The third kappa shape index (κ3) is 2.46. The molecule has 4 heteroatoms. The molecule has 84 valence electrons. The molecule has 0 saturated carbocycles. The van der Waals surface area contributed by atoms with Crippen LogP contribution in [0.25, 0.3) is 0 Å². The minimum atomic E-state index is -0.0854. The predicted molar refractivity (Wildman–Crippen MR) is 59.8 cm³/mol. The van der Waals surface area contributed by atoms with Gasteiger partial charge in [0.05, 0.1) is 6.61 Å². The lowest BCUT2D eigenvalue weighted by atomic mass is 10.1. The largest absolute Gasteiger partial charge is 0.395 e. The van der Waals surface area contributed by atoms with Crippen LogP contribution in [-0.4, -0.2) is 16.3 Å². The maximum absolute atomic E-state index is 11.9. The molecule has 1 aromatic rings. The van der Waals surface area contributed by atoms with Crippen LogP contribution in [0.4, 0.5) is 0 Å². The molecule has 15 heavy (non-hydrogen) atoms. The number of rotatable bonds is 4. The summed E-state index contributed by atoms with van der Waals surface area (Å²) in [5.74, 6) is 0.260. The van der Waals surface area contributed by atoms with E-state index >= 15 is 0 Å². The lowest BCUT2D eigenvalue weighted by Gasteiger charge is -2.15. The Morgan fingerprint density at radius 2 is 2.13 bits per heavy atom. The zero-order valence-electron chi connectivity index (χ0n) is 9.23. The van der Waals surface area contributed by atoms with Crippen molar-refractivity contribution in [2.24, 2.45) is 5.73 Å². The molecular weight excluding hydrogens is 192 g/mol. The van der Waals surface area contributed by atoms with Gasteiger partial charge in [-0.3, -0.25) is 4.79 Å². The molecule has 0 unspecified atom stereocenters. The molecule has 4 nitrogen and oxygen atoms in total. The first-order valence-corrected chi connectivity index (χ1v) is 5.15. The number of hydrogen-bond donors (Lipinski definition) is 2. The number of aliphatic hydroxyl groups excluding tert-OH is 1. The molecule has 1 aromatic heterocycles. The smallest absolute Gasteiger partial charge is 0.255 e. The molecule has 0 aliphatic rings. The summed E-state index contributed by atoms with van der Waals surface area (Å²) in [4.78, 5) is 11.9. The van der Waals surface area contributed by atoms with Crippen LogP contribution in [-0.2, 0) is 13.1 Å². The van der Waals surface area contributed by atoms with Gasteiger partial charge in [0.25, 0.3) is 5.56 Å². The summed E-state index contributed by atoms with van der Waals surface area (Å²) in [7, 11) is 0. The van der Waals surface area contributed by atoms with Crippen LogP contribution >= 0.6 is 0 Å². The maximum Gasteiger partial charge on any atom is 0.255 e. The van der Waals surface area contributed by atoms with Crippen molar-refractivity contribution in [3.8, 4) is 0 Å². The fourth-order valence-corrected chi connectivity index (χ4v) is 1.63. The summed E-state index contributed by atoms with van der Waals surface area (Å²) in [5, 5.41) is 8.92. The second-order valence-electron chi connectivity index (χ2n) is 3.82. The van der Waals surface area contributed by atoms with Crippen LogP contribution in [0.15, 0.2) is 16.9 Å². The van der Waals surface area contributed by atoms with Crippen LogP contribution in [0, 0.1) is 0 Å². The average molecular weight is 210 g/mol. The molecule has 0 aliphatic heterocycles. The van der Waals surface area contributed by atoms with Crippen molar-refractivity contribution in [1.29, 1.82) is 0 Å². The van der Waals surface area contributed by atoms with Crippen molar-refractivity contribution in [1.82, 2.24) is 4.57 Å². The highest BCUT2D eigenvalue weighted by Gasteiger charge is 2.09. The minimum Gasteiger partial charge on any atom is -0.395 e. The fraction of sp³-hybridized carbons (Fsp3) is 0.545. The Kier molecular flexibility index (Phi) is 4.05. The highest BCUT2D eigenvalue weighted by Crippen LogP contribution is 2.12. The Balaban J connectivity index is 3.31. The molecule has 1 heterocycles. The molecule has 0 radical (unpaired) electrons. The van der Waals surface area contributed by atoms with Crippen LogP contribution in [0.3, 0.4) is 0 Å². The monoisotopic (exact) mass is 210 g/mol. The Morgan fingerprint density at radius 1 is 1.47 bits per heavy atom. The number of hydrogen-bond acceptors (Lipinski definition) is 3. The number of pyridine rings is 1. The molecule has 0 aromatic carbocycles. The summed E-state index contributed by atoms with van der Waals surface area (Å²) >= 11 is 0. The molecule has 3 N–H and O–H groups in total. The van der Waals surface area contributed by atoms with Gasteiger partial charge >= 0.3 is 0 Å². The Bertz CT molecular complexity index is 383. The van der Waals surface area contributed by atoms with Gasteiger partial charge in [0.1, 0.15) is 0 Å². The first-order valence-electron chi connectivity index (χ1n) is 5.15. The molecule has 0 saturated heterocycles. The Labute approximate surface area is 89.3 Å². The van der Waals surface area contributed by atoms with E-state index in [0.717, 1.165) is 5.69 Å². The van der Waals surface area contributed by atoms with Crippen molar-refractivity contribution in [2.75, 3.05) is 6.61 Å². The van der Waals surface area contributed by atoms with E-state index in [1.807, 2.05) is 19.9 Å². The predicted octanol–water partition coefficient (Wildman–Crippen LogP) is 0.423. The number of aliphatic hydroxyl groups is 1. The van der Waals surface area contributed by atoms with Crippen LogP contribution in [0.1, 0.15) is 31.0 Å². The molecule has 0 amide bonds. The zero-order valence-corrected chi connectivity index (χ0v) is 9.23. The van der Waals surface area contributed by atoms with Gasteiger partial charge in [-0.1, -0.05) is 19.9 Å². The lowest BCUT2D eigenvalue weighted by molar-refractivity contribution is 0.271. The maximum atomic E-state index is 11.9. The van der Waals surface area contributed by atoms with Gasteiger partial charge in [-0.05, 0) is 12.0 Å². The molecule has 0 bridgehead atoms. The van der Waals surface area contributed by atoms with E-state index in [4.69, 9.17) is 10.8 Å². The van der Waals surface area contributed by atoms with Crippen molar-refractivity contribution in [3.63, 3.8) is 0 Å². The summed E-state index contributed by atoms with van der Waals surface area (Å²) in [6.45, 7) is 4.58. The van der Waals surface area contributed by atoms with Gasteiger partial charge in [-0.25, -0.2) is 0 Å². The van der Waals surface area contributed by atoms with Gasteiger partial charge < -0.3 is 15.4 Å². The molecule has 0 atom stereocenters. The summed E-state index contributed by atoms with van der Waals surface area (Å²) in [5.41, 5.74) is 6.91. The van der Waals surface area contributed by atoms with Gasteiger partial charge in [0.15, 0.2) is 0 Å². The van der Waals surface area contributed by atoms with Gasteiger partial charge in [-0.2, -0.15) is 0 Å². The summed E-state index contributed by atoms with van der Waals surface area (Å²) in [6.07, 6.45) is 0. The van der Waals surface area contributed by atoms with E-state index < -0.39 is 0 Å². The molecule has 1 rings (SSSR count). The highest BCUT2D eigenvalue weighted by molar-refractivity contribution is 5.18. The van der Waals surface area contributed by atoms with Crippen molar-refractivity contribution >= 4 is 0 Å². The van der Waals surface area contributed by atoms with Crippen LogP contribution < -0.4 is 11.3 Å². The first-order chi connectivity index (χ1) is 7.11. The van der Waals surface area contributed by atoms with Crippen molar-refractivity contribution < 1.29 is 5.11 Å². The number of nitrogens with zero attached hydrogens (tertiary/aromatic N) is 1. The Hall–Kier alpha value is -1.13. The van der Waals surface area contributed by atoms with E-state index in [1.54, 1.807) is 10.6 Å². The standard InChI is InChI=1S/C11H18N2O2/c1-8(2)10-4-3-9(7-12)11(15)13(10)5-6-14/h3-4,8,14H,5-7,12H2,1-2H3. The number of aromatic nitrogens is 1. The fourth-order valence-electron chi connectivity index (χ4n) is 1.63. The normalized spacial score (nSPS) is 11.0. The SMILES string of the molecule is CC(C)c1ccc(CN)c(=O)n1CCO. The summed E-state index contributed by atoms with van der Waals surface area (Å²) < 4.78 is 1.60. The van der Waals surface area contributed by atoms with E-state index in [1.165, 1.54) is 0 Å². The minimum absolute atomic E-state index is 0.0341. The Morgan fingerprint density at radius 3 is 2.60 bits per heavy atom. The van der Waals surface area contributed by atoms with E-state index in [9.17, 15) is 4.79 Å². The molecule has 0 aliphatic carbocycles. The van der Waals surface area contributed by atoms with Gasteiger partial charge in [-0.15, -0.1) is 0 Å².